The summed E-state index contributed by atoms with van der Waals surface area (Å²) in [6, 6.07) is 10.7. The van der Waals surface area contributed by atoms with Gasteiger partial charge < -0.3 is 24.3 Å². The molecule has 5 nitrogen and oxygen atoms in total. The lowest BCUT2D eigenvalue weighted by Gasteiger charge is -2.12. The van der Waals surface area contributed by atoms with E-state index in [0.29, 0.717) is 22.7 Å². The minimum atomic E-state index is -1.48. The normalized spacial score (nSPS) is 10.7. The number of rotatable bonds is 6. The number of hydrogen-bond acceptors (Lipinski definition) is 5. The van der Waals surface area contributed by atoms with Crippen LogP contribution in [0.25, 0.3) is 12.2 Å². The highest BCUT2D eigenvalue weighted by molar-refractivity contribution is 6.58. The maximum Gasteiger partial charge on any atom is 0.488 e. The Labute approximate surface area is 135 Å². The summed E-state index contributed by atoms with van der Waals surface area (Å²) in [6.07, 6.45) is 3.75. The quantitative estimate of drug-likeness (QED) is 0.626. The van der Waals surface area contributed by atoms with Crippen molar-refractivity contribution >= 4 is 24.7 Å². The lowest BCUT2D eigenvalue weighted by Crippen LogP contribution is -2.29. The monoisotopic (exact) mass is 314 g/mol. The van der Waals surface area contributed by atoms with Crippen molar-refractivity contribution in [2.75, 3.05) is 21.3 Å². The van der Waals surface area contributed by atoms with Gasteiger partial charge in [-0.1, -0.05) is 36.4 Å². The molecule has 0 aliphatic rings. The van der Waals surface area contributed by atoms with Gasteiger partial charge in [0, 0.05) is 0 Å². The van der Waals surface area contributed by atoms with Crippen molar-refractivity contribution in [2.24, 2.45) is 0 Å². The molecule has 120 valence electrons. The molecule has 0 aromatic heterocycles. The Morgan fingerprint density at radius 3 is 1.96 bits per heavy atom. The van der Waals surface area contributed by atoms with Gasteiger partial charge in [0.05, 0.1) is 21.3 Å². The van der Waals surface area contributed by atoms with Gasteiger partial charge in [0.2, 0.25) is 5.75 Å². The minimum absolute atomic E-state index is 0.442. The Balaban J connectivity index is 2.34. The molecule has 0 saturated carbocycles. The molecular weight excluding hydrogens is 295 g/mol. The maximum atomic E-state index is 9.21. The lowest BCUT2D eigenvalue weighted by molar-refractivity contribution is 0.324. The van der Waals surface area contributed by atoms with Gasteiger partial charge >= 0.3 is 7.12 Å². The molecule has 2 rings (SSSR count). The molecule has 0 heterocycles. The van der Waals surface area contributed by atoms with Gasteiger partial charge in [-0.2, -0.15) is 0 Å². The van der Waals surface area contributed by atoms with Crippen molar-refractivity contribution in [1.29, 1.82) is 0 Å². The van der Waals surface area contributed by atoms with Crippen LogP contribution in [-0.2, 0) is 0 Å². The lowest BCUT2D eigenvalue weighted by atomic mass is 9.79. The average Bonchev–Trinajstić information content (AvgIpc) is 2.59. The van der Waals surface area contributed by atoms with E-state index in [1.165, 1.54) is 0 Å². The maximum absolute atomic E-state index is 9.21. The van der Waals surface area contributed by atoms with Crippen LogP contribution in [0.3, 0.4) is 0 Å². The SMILES string of the molecule is COc1cc(/C=C\c2cccc(B(O)O)c2)cc(OC)c1OC. The van der Waals surface area contributed by atoms with Gasteiger partial charge in [0.25, 0.3) is 0 Å². The summed E-state index contributed by atoms with van der Waals surface area (Å²) in [4.78, 5) is 0. The van der Waals surface area contributed by atoms with Crippen LogP contribution in [-0.4, -0.2) is 38.5 Å². The van der Waals surface area contributed by atoms with Crippen LogP contribution in [0.5, 0.6) is 17.2 Å². The molecule has 0 unspecified atom stereocenters. The zero-order valence-electron chi connectivity index (χ0n) is 13.3. The van der Waals surface area contributed by atoms with Crippen LogP contribution < -0.4 is 19.7 Å². The van der Waals surface area contributed by atoms with Crippen LogP contribution >= 0.6 is 0 Å². The summed E-state index contributed by atoms with van der Waals surface area (Å²) in [6.45, 7) is 0. The smallest absolute Gasteiger partial charge is 0.488 e. The molecule has 0 fully saturated rings. The molecule has 2 N–H and O–H groups in total. The molecule has 6 heteroatoms. The summed E-state index contributed by atoms with van der Waals surface area (Å²) < 4.78 is 15.9. The fourth-order valence-electron chi connectivity index (χ4n) is 2.21. The van der Waals surface area contributed by atoms with E-state index in [2.05, 4.69) is 0 Å². The van der Waals surface area contributed by atoms with E-state index in [0.717, 1.165) is 11.1 Å². The second-order valence-electron chi connectivity index (χ2n) is 4.84. The topological polar surface area (TPSA) is 68.2 Å². The summed E-state index contributed by atoms with van der Waals surface area (Å²) >= 11 is 0. The Kier molecular flexibility index (Phi) is 5.68. The zero-order chi connectivity index (χ0) is 16.8. The molecule has 0 bridgehead atoms. The fraction of sp³-hybridized carbons (Fsp3) is 0.176. The van der Waals surface area contributed by atoms with Gasteiger partial charge in [0.1, 0.15) is 0 Å². The van der Waals surface area contributed by atoms with Crippen LogP contribution in [0.2, 0.25) is 0 Å². The molecule has 0 amide bonds. The highest BCUT2D eigenvalue weighted by Gasteiger charge is 2.12. The standard InChI is InChI=1S/C17H19BO5/c1-21-15-10-13(11-16(22-2)17(15)23-3)8-7-12-5-4-6-14(9-12)18(19)20/h4-11,19-20H,1-3H3/b8-7-. The molecule has 2 aromatic rings. The van der Waals surface area contributed by atoms with E-state index >= 15 is 0 Å². The van der Waals surface area contributed by atoms with Crippen molar-refractivity contribution in [3.8, 4) is 17.2 Å². The van der Waals surface area contributed by atoms with Crippen molar-refractivity contribution in [3.63, 3.8) is 0 Å². The van der Waals surface area contributed by atoms with Gasteiger partial charge in [-0.05, 0) is 28.7 Å². The van der Waals surface area contributed by atoms with Gasteiger partial charge in [-0.15, -0.1) is 0 Å². The Morgan fingerprint density at radius 2 is 1.43 bits per heavy atom. The molecule has 0 saturated heterocycles. The highest BCUT2D eigenvalue weighted by Crippen LogP contribution is 2.38. The summed E-state index contributed by atoms with van der Waals surface area (Å²) in [5.41, 5.74) is 2.16. The first-order valence-electron chi connectivity index (χ1n) is 7.03. The molecular formula is C17H19BO5. The average molecular weight is 314 g/mol. The first-order chi connectivity index (χ1) is 11.1. The Hall–Kier alpha value is -2.44. The van der Waals surface area contributed by atoms with Crippen molar-refractivity contribution in [2.45, 2.75) is 0 Å². The van der Waals surface area contributed by atoms with E-state index in [-0.39, 0.29) is 0 Å². The van der Waals surface area contributed by atoms with Gasteiger partial charge in [-0.25, -0.2) is 0 Å². The zero-order valence-corrected chi connectivity index (χ0v) is 13.3. The van der Waals surface area contributed by atoms with Crippen molar-refractivity contribution in [3.05, 3.63) is 47.5 Å². The number of benzene rings is 2. The van der Waals surface area contributed by atoms with Crippen LogP contribution in [0.1, 0.15) is 11.1 Å². The van der Waals surface area contributed by atoms with Gasteiger partial charge in [0.15, 0.2) is 11.5 Å². The highest BCUT2D eigenvalue weighted by atomic mass is 16.5. The second kappa shape index (κ2) is 7.71. The summed E-state index contributed by atoms with van der Waals surface area (Å²) in [5.74, 6) is 1.69. The van der Waals surface area contributed by atoms with E-state index in [1.54, 1.807) is 39.5 Å². The van der Waals surface area contributed by atoms with Gasteiger partial charge in [-0.3, -0.25) is 0 Å². The fourth-order valence-corrected chi connectivity index (χ4v) is 2.21. The van der Waals surface area contributed by atoms with E-state index in [4.69, 9.17) is 14.2 Å². The van der Waals surface area contributed by atoms with E-state index in [1.807, 2.05) is 30.4 Å². The molecule has 23 heavy (non-hydrogen) atoms. The summed E-state index contributed by atoms with van der Waals surface area (Å²) in [5, 5.41) is 18.4. The molecule has 0 aliphatic carbocycles. The molecule has 0 radical (unpaired) electrons. The second-order valence-corrected chi connectivity index (χ2v) is 4.84. The third-order valence-electron chi connectivity index (χ3n) is 3.36. The van der Waals surface area contributed by atoms with Crippen molar-refractivity contribution in [1.82, 2.24) is 0 Å². The largest absolute Gasteiger partial charge is 0.493 e. The van der Waals surface area contributed by atoms with Crippen LogP contribution in [0.4, 0.5) is 0 Å². The Bertz CT molecular complexity index is 672. The third-order valence-corrected chi connectivity index (χ3v) is 3.36. The van der Waals surface area contributed by atoms with E-state index < -0.39 is 7.12 Å². The summed E-state index contributed by atoms with van der Waals surface area (Å²) in [7, 11) is 3.21. The van der Waals surface area contributed by atoms with Crippen LogP contribution in [0.15, 0.2) is 36.4 Å². The van der Waals surface area contributed by atoms with E-state index in [9.17, 15) is 10.0 Å². The molecule has 2 aromatic carbocycles. The van der Waals surface area contributed by atoms with Crippen molar-refractivity contribution < 1.29 is 24.3 Å². The predicted molar refractivity (Wildman–Crippen MR) is 91.3 cm³/mol. The number of ether oxygens (including phenoxy) is 3. The Morgan fingerprint density at radius 1 is 0.826 bits per heavy atom. The molecule has 0 aliphatic heterocycles. The molecule has 0 atom stereocenters. The minimum Gasteiger partial charge on any atom is -0.493 e. The third kappa shape index (κ3) is 4.06. The van der Waals surface area contributed by atoms with Crippen LogP contribution in [0, 0.1) is 0 Å². The predicted octanol–water partition coefficient (Wildman–Crippen LogP) is 1.56. The first-order valence-corrected chi connectivity index (χ1v) is 7.03. The first kappa shape index (κ1) is 16.9. The number of methoxy groups -OCH3 is 3. The number of hydrogen-bond donors (Lipinski definition) is 2. The molecule has 0 spiro atoms.